The van der Waals surface area contributed by atoms with Gasteiger partial charge in [0.15, 0.2) is 11.7 Å². The van der Waals surface area contributed by atoms with Gasteiger partial charge in [0, 0.05) is 18.5 Å². The summed E-state index contributed by atoms with van der Waals surface area (Å²) < 4.78 is 18.1. The normalized spacial score (nSPS) is 18.1. The highest BCUT2D eigenvalue weighted by atomic mass is 32.1. The number of nitrogens with zero attached hydrogens (tertiary/aromatic N) is 2. The second-order valence-electron chi connectivity index (χ2n) is 6.42. The van der Waals surface area contributed by atoms with Gasteiger partial charge in [-0.25, -0.2) is 9.37 Å². The molecule has 1 amide bonds. The number of amides is 1. The van der Waals surface area contributed by atoms with E-state index in [1.165, 1.54) is 48.4 Å². The summed E-state index contributed by atoms with van der Waals surface area (Å²) in [5.74, 6) is 0.567. The predicted molar refractivity (Wildman–Crippen MR) is 96.3 cm³/mol. The summed E-state index contributed by atoms with van der Waals surface area (Å²) in [4.78, 5) is 18.8. The van der Waals surface area contributed by atoms with E-state index in [-0.39, 0.29) is 18.3 Å². The zero-order valence-corrected chi connectivity index (χ0v) is 15.0. The van der Waals surface area contributed by atoms with E-state index in [0.717, 1.165) is 31.2 Å². The number of rotatable bonds is 6. The fourth-order valence-electron chi connectivity index (χ4n) is 2.93. The maximum Gasteiger partial charge on any atom is 0.264 e. The number of benzene rings is 1. The van der Waals surface area contributed by atoms with Crippen molar-refractivity contribution in [2.24, 2.45) is 5.92 Å². The third kappa shape index (κ3) is 5.51. The van der Waals surface area contributed by atoms with Gasteiger partial charge in [0.1, 0.15) is 11.6 Å². The largest absolute Gasteiger partial charge is 0.484 e. The summed E-state index contributed by atoms with van der Waals surface area (Å²) in [5, 5.41) is 5.30. The third-order valence-corrected chi connectivity index (χ3v) is 4.91. The van der Waals surface area contributed by atoms with Crippen LogP contribution >= 0.6 is 11.3 Å². The number of likely N-dealkylation sites (tertiary alicyclic amines) is 1. The summed E-state index contributed by atoms with van der Waals surface area (Å²) in [7, 11) is 0. The number of thiazole rings is 1. The van der Waals surface area contributed by atoms with Crippen molar-refractivity contribution in [3.05, 3.63) is 41.2 Å². The second kappa shape index (κ2) is 8.40. The minimum atomic E-state index is -0.338. The molecule has 2 aromatic rings. The van der Waals surface area contributed by atoms with E-state index in [9.17, 15) is 9.18 Å². The van der Waals surface area contributed by atoms with E-state index < -0.39 is 0 Å². The summed E-state index contributed by atoms with van der Waals surface area (Å²) in [6.07, 6.45) is 2.53. The number of hydrogen-bond donors (Lipinski definition) is 1. The lowest BCUT2D eigenvalue weighted by atomic mass is 10.0. The zero-order chi connectivity index (χ0) is 17.6. The van der Waals surface area contributed by atoms with Crippen molar-refractivity contribution in [3.8, 4) is 5.75 Å². The third-order valence-electron chi connectivity index (χ3n) is 4.11. The van der Waals surface area contributed by atoms with Crippen molar-refractivity contribution in [2.45, 2.75) is 26.3 Å². The van der Waals surface area contributed by atoms with Gasteiger partial charge in [-0.3, -0.25) is 15.0 Å². The van der Waals surface area contributed by atoms with Gasteiger partial charge < -0.3 is 4.74 Å². The Kier molecular flexibility index (Phi) is 5.99. The first-order valence-corrected chi connectivity index (χ1v) is 9.31. The highest BCUT2D eigenvalue weighted by molar-refractivity contribution is 7.13. The Labute approximate surface area is 150 Å². The molecule has 0 aliphatic carbocycles. The molecule has 1 aliphatic rings. The fourth-order valence-corrected chi connectivity index (χ4v) is 3.65. The van der Waals surface area contributed by atoms with Gasteiger partial charge >= 0.3 is 0 Å². The molecule has 1 aromatic heterocycles. The van der Waals surface area contributed by atoms with Gasteiger partial charge in [0.25, 0.3) is 5.91 Å². The van der Waals surface area contributed by atoms with Crippen molar-refractivity contribution < 1.29 is 13.9 Å². The smallest absolute Gasteiger partial charge is 0.264 e. The monoisotopic (exact) mass is 363 g/mol. The molecule has 0 bridgehead atoms. The molecule has 1 aromatic carbocycles. The first-order valence-electron chi connectivity index (χ1n) is 8.43. The number of carbonyl (C=O) groups excluding carboxylic acids is 1. The van der Waals surface area contributed by atoms with E-state index in [0.29, 0.717) is 10.9 Å². The molecule has 0 spiro atoms. The Bertz CT molecular complexity index is 705. The van der Waals surface area contributed by atoms with E-state index in [4.69, 9.17) is 4.74 Å². The van der Waals surface area contributed by atoms with Crippen LogP contribution in [0.1, 0.15) is 25.5 Å². The number of ether oxygens (including phenoxy) is 1. The Hall–Kier alpha value is -1.99. The van der Waals surface area contributed by atoms with E-state index in [1.807, 2.05) is 5.38 Å². The molecule has 3 rings (SSSR count). The topological polar surface area (TPSA) is 54.5 Å². The molecular weight excluding hydrogens is 341 g/mol. The van der Waals surface area contributed by atoms with Crippen molar-refractivity contribution in [3.63, 3.8) is 0 Å². The summed E-state index contributed by atoms with van der Waals surface area (Å²) in [5.41, 5.74) is 0.980. The van der Waals surface area contributed by atoms with Crippen LogP contribution in [0, 0.1) is 11.7 Å². The number of carbonyl (C=O) groups is 1. The molecular formula is C18H22FN3O2S. The highest BCUT2D eigenvalue weighted by Crippen LogP contribution is 2.21. The number of hydrogen-bond acceptors (Lipinski definition) is 5. The molecule has 1 fully saturated rings. The highest BCUT2D eigenvalue weighted by Gasteiger charge is 2.17. The SMILES string of the molecule is CC1CCCN(Cc2csc(NC(=O)COc3ccc(F)cc3)n2)C1. The van der Waals surface area contributed by atoms with E-state index >= 15 is 0 Å². The first kappa shape index (κ1) is 17.8. The predicted octanol–water partition coefficient (Wildman–Crippen LogP) is 3.53. The average molecular weight is 363 g/mol. The number of piperidine rings is 1. The average Bonchev–Trinajstić information content (AvgIpc) is 3.01. The van der Waals surface area contributed by atoms with Crippen LogP contribution in [0.5, 0.6) is 5.75 Å². The Morgan fingerprint density at radius 3 is 3.00 bits per heavy atom. The maximum absolute atomic E-state index is 12.8. The van der Waals surface area contributed by atoms with Crippen LogP contribution in [-0.4, -0.2) is 35.5 Å². The molecule has 0 radical (unpaired) electrons. The summed E-state index contributed by atoms with van der Waals surface area (Å²) in [6, 6.07) is 5.57. The molecule has 5 nitrogen and oxygen atoms in total. The molecule has 1 aliphatic heterocycles. The molecule has 1 N–H and O–H groups in total. The van der Waals surface area contributed by atoms with Gasteiger partial charge in [-0.05, 0) is 49.6 Å². The number of anilines is 1. The van der Waals surface area contributed by atoms with E-state index in [2.05, 4.69) is 22.1 Å². The molecule has 1 saturated heterocycles. The van der Waals surface area contributed by atoms with Gasteiger partial charge in [0.2, 0.25) is 0 Å². The number of nitrogens with one attached hydrogen (secondary N) is 1. The molecule has 2 heterocycles. The van der Waals surface area contributed by atoms with Crippen LogP contribution in [-0.2, 0) is 11.3 Å². The van der Waals surface area contributed by atoms with Gasteiger partial charge in [-0.15, -0.1) is 11.3 Å². The molecule has 7 heteroatoms. The van der Waals surface area contributed by atoms with Crippen LogP contribution in [0.25, 0.3) is 0 Å². The van der Waals surface area contributed by atoms with Crippen LogP contribution < -0.4 is 10.1 Å². The Balaban J connectivity index is 1.45. The van der Waals surface area contributed by atoms with Gasteiger partial charge in [0.05, 0.1) is 5.69 Å². The lowest BCUT2D eigenvalue weighted by Crippen LogP contribution is -2.33. The van der Waals surface area contributed by atoms with Crippen LogP contribution in [0.15, 0.2) is 29.6 Å². The lowest BCUT2D eigenvalue weighted by molar-refractivity contribution is -0.118. The van der Waals surface area contributed by atoms with Crippen LogP contribution in [0.2, 0.25) is 0 Å². The quantitative estimate of drug-likeness (QED) is 0.853. The van der Waals surface area contributed by atoms with Gasteiger partial charge in [-0.2, -0.15) is 0 Å². The second-order valence-corrected chi connectivity index (χ2v) is 7.28. The Morgan fingerprint density at radius 2 is 2.24 bits per heavy atom. The van der Waals surface area contributed by atoms with Crippen LogP contribution in [0.3, 0.4) is 0 Å². The lowest BCUT2D eigenvalue weighted by Gasteiger charge is -2.30. The molecule has 1 unspecified atom stereocenters. The maximum atomic E-state index is 12.8. The van der Waals surface area contributed by atoms with Gasteiger partial charge in [-0.1, -0.05) is 6.92 Å². The zero-order valence-electron chi connectivity index (χ0n) is 14.2. The van der Waals surface area contributed by atoms with E-state index in [1.54, 1.807) is 0 Å². The summed E-state index contributed by atoms with van der Waals surface area (Å²) >= 11 is 1.42. The molecule has 25 heavy (non-hydrogen) atoms. The minimum Gasteiger partial charge on any atom is -0.484 e. The van der Waals surface area contributed by atoms with Crippen molar-refractivity contribution in [1.29, 1.82) is 0 Å². The molecule has 0 saturated carbocycles. The van der Waals surface area contributed by atoms with Crippen molar-refractivity contribution in [2.75, 3.05) is 25.0 Å². The number of aromatic nitrogens is 1. The fraction of sp³-hybridized carbons (Fsp3) is 0.444. The summed E-state index contributed by atoms with van der Waals surface area (Å²) in [6.45, 7) is 5.17. The Morgan fingerprint density at radius 1 is 1.44 bits per heavy atom. The van der Waals surface area contributed by atoms with Crippen molar-refractivity contribution in [1.82, 2.24) is 9.88 Å². The molecule has 134 valence electrons. The first-order chi connectivity index (χ1) is 12.1. The molecule has 1 atom stereocenters. The van der Waals surface area contributed by atoms with Crippen molar-refractivity contribution >= 4 is 22.4 Å². The minimum absolute atomic E-state index is 0.135. The standard InChI is InChI=1S/C18H22FN3O2S/c1-13-3-2-8-22(9-13)10-15-12-25-18(20-15)21-17(23)11-24-16-6-4-14(19)5-7-16/h4-7,12-13H,2-3,8-11H2,1H3,(H,20,21,23). The number of halogens is 1. The van der Waals surface area contributed by atoms with Crippen LogP contribution in [0.4, 0.5) is 9.52 Å².